The predicted molar refractivity (Wildman–Crippen MR) is 85.9 cm³/mol. The second-order valence-corrected chi connectivity index (χ2v) is 4.66. The molecular formula is C18H16O5. The standard InChI is InChI=1S/C18H16O5/c1-22-17-11-13(8-10-16(17)23-12-18(20)21)7-9-15(19)14-5-3-2-4-6-14/h2-11H,12H2,1H3,(H,20,21)/b9-7+. The summed E-state index contributed by atoms with van der Waals surface area (Å²) in [5.41, 5.74) is 1.35. The third kappa shape index (κ3) is 4.71. The predicted octanol–water partition coefficient (Wildman–Crippen LogP) is 3.05. The van der Waals surface area contributed by atoms with Gasteiger partial charge in [0.15, 0.2) is 23.9 Å². The number of hydrogen-bond donors (Lipinski definition) is 1. The van der Waals surface area contributed by atoms with Crippen molar-refractivity contribution in [3.63, 3.8) is 0 Å². The fraction of sp³-hybridized carbons (Fsp3) is 0.111. The second-order valence-electron chi connectivity index (χ2n) is 4.66. The first-order valence-corrected chi connectivity index (χ1v) is 6.90. The van der Waals surface area contributed by atoms with Gasteiger partial charge >= 0.3 is 5.97 Å². The lowest BCUT2D eigenvalue weighted by Crippen LogP contribution is -2.10. The topological polar surface area (TPSA) is 72.8 Å². The molecule has 1 N–H and O–H groups in total. The molecule has 2 aromatic rings. The van der Waals surface area contributed by atoms with Crippen LogP contribution in [0.2, 0.25) is 0 Å². The Labute approximate surface area is 133 Å². The molecule has 0 saturated carbocycles. The van der Waals surface area contributed by atoms with Gasteiger partial charge in [-0.2, -0.15) is 0 Å². The molecular weight excluding hydrogens is 296 g/mol. The number of methoxy groups -OCH3 is 1. The zero-order valence-corrected chi connectivity index (χ0v) is 12.6. The van der Waals surface area contributed by atoms with Crippen LogP contribution in [0.4, 0.5) is 0 Å². The summed E-state index contributed by atoms with van der Waals surface area (Å²) >= 11 is 0. The van der Waals surface area contributed by atoms with Gasteiger partial charge < -0.3 is 14.6 Å². The average molecular weight is 312 g/mol. The Morgan fingerprint density at radius 1 is 1.09 bits per heavy atom. The fourth-order valence-corrected chi connectivity index (χ4v) is 1.92. The number of carboxylic acids is 1. The Morgan fingerprint density at radius 2 is 1.83 bits per heavy atom. The van der Waals surface area contributed by atoms with Gasteiger partial charge in [0.05, 0.1) is 7.11 Å². The highest BCUT2D eigenvalue weighted by atomic mass is 16.5. The van der Waals surface area contributed by atoms with Crippen molar-refractivity contribution in [3.05, 3.63) is 65.7 Å². The fourth-order valence-electron chi connectivity index (χ4n) is 1.92. The van der Waals surface area contributed by atoms with Gasteiger partial charge in [-0.05, 0) is 23.8 Å². The van der Waals surface area contributed by atoms with Crippen LogP contribution in [0.3, 0.4) is 0 Å². The van der Waals surface area contributed by atoms with Gasteiger partial charge in [0.1, 0.15) is 0 Å². The minimum absolute atomic E-state index is 0.101. The zero-order chi connectivity index (χ0) is 16.7. The van der Waals surface area contributed by atoms with Gasteiger partial charge in [-0.3, -0.25) is 4.79 Å². The van der Waals surface area contributed by atoms with E-state index < -0.39 is 12.6 Å². The molecule has 118 valence electrons. The van der Waals surface area contributed by atoms with Crippen LogP contribution in [0.25, 0.3) is 6.08 Å². The van der Waals surface area contributed by atoms with Crippen molar-refractivity contribution in [2.45, 2.75) is 0 Å². The van der Waals surface area contributed by atoms with Crippen LogP contribution in [0.5, 0.6) is 11.5 Å². The molecule has 5 nitrogen and oxygen atoms in total. The molecule has 0 aliphatic heterocycles. The monoisotopic (exact) mass is 312 g/mol. The minimum atomic E-state index is -1.07. The number of carboxylic acid groups (broad SMARTS) is 1. The number of benzene rings is 2. The summed E-state index contributed by atoms with van der Waals surface area (Å²) in [4.78, 5) is 22.5. The Kier molecular flexibility index (Phi) is 5.52. The molecule has 0 aliphatic rings. The molecule has 2 rings (SSSR count). The Balaban J connectivity index is 2.12. The number of hydrogen-bond acceptors (Lipinski definition) is 4. The molecule has 0 atom stereocenters. The molecule has 0 amide bonds. The van der Waals surface area contributed by atoms with Gasteiger partial charge in [-0.1, -0.05) is 42.5 Å². The largest absolute Gasteiger partial charge is 0.493 e. The summed E-state index contributed by atoms with van der Waals surface area (Å²) in [7, 11) is 1.46. The molecule has 0 aromatic heterocycles. The van der Waals surface area contributed by atoms with Crippen LogP contribution in [-0.4, -0.2) is 30.6 Å². The normalized spacial score (nSPS) is 10.5. The molecule has 0 spiro atoms. The number of carbonyl (C=O) groups excluding carboxylic acids is 1. The molecule has 5 heteroatoms. The van der Waals surface area contributed by atoms with Crippen molar-refractivity contribution in [3.8, 4) is 11.5 Å². The van der Waals surface area contributed by atoms with E-state index >= 15 is 0 Å². The lowest BCUT2D eigenvalue weighted by Gasteiger charge is -2.09. The highest BCUT2D eigenvalue weighted by Crippen LogP contribution is 2.28. The van der Waals surface area contributed by atoms with E-state index in [0.29, 0.717) is 17.1 Å². The smallest absolute Gasteiger partial charge is 0.341 e. The maximum absolute atomic E-state index is 12.0. The maximum Gasteiger partial charge on any atom is 0.341 e. The highest BCUT2D eigenvalue weighted by Gasteiger charge is 2.07. The summed E-state index contributed by atoms with van der Waals surface area (Å²) < 4.78 is 10.3. The zero-order valence-electron chi connectivity index (χ0n) is 12.6. The molecule has 0 fully saturated rings. The van der Waals surface area contributed by atoms with Gasteiger partial charge in [0.2, 0.25) is 0 Å². The molecule has 0 aliphatic carbocycles. The molecule has 0 unspecified atom stereocenters. The number of allylic oxidation sites excluding steroid dienone is 1. The highest BCUT2D eigenvalue weighted by molar-refractivity contribution is 6.06. The van der Waals surface area contributed by atoms with E-state index in [-0.39, 0.29) is 5.78 Å². The SMILES string of the molecule is COc1cc(/C=C/C(=O)c2ccccc2)ccc1OCC(=O)O. The summed E-state index contributed by atoms with van der Waals surface area (Å²) in [6, 6.07) is 13.9. The van der Waals surface area contributed by atoms with E-state index in [2.05, 4.69) is 0 Å². The van der Waals surface area contributed by atoms with Crippen LogP contribution in [0.15, 0.2) is 54.6 Å². The lowest BCUT2D eigenvalue weighted by molar-refractivity contribution is -0.139. The van der Waals surface area contributed by atoms with Crippen molar-refractivity contribution < 1.29 is 24.2 Å². The third-order valence-electron chi connectivity index (χ3n) is 3.02. The summed E-state index contributed by atoms with van der Waals surface area (Å²) in [6.07, 6.45) is 3.14. The summed E-state index contributed by atoms with van der Waals surface area (Å²) in [6.45, 7) is -0.446. The lowest BCUT2D eigenvalue weighted by atomic mass is 10.1. The van der Waals surface area contributed by atoms with E-state index in [9.17, 15) is 9.59 Å². The van der Waals surface area contributed by atoms with E-state index in [1.807, 2.05) is 6.07 Å². The molecule has 2 aromatic carbocycles. The first-order chi connectivity index (χ1) is 11.1. The first-order valence-electron chi connectivity index (χ1n) is 6.90. The van der Waals surface area contributed by atoms with Crippen LogP contribution in [0, 0.1) is 0 Å². The number of ether oxygens (including phenoxy) is 2. The molecule has 0 saturated heterocycles. The van der Waals surface area contributed by atoms with E-state index in [4.69, 9.17) is 14.6 Å². The molecule has 0 radical (unpaired) electrons. The third-order valence-corrected chi connectivity index (χ3v) is 3.02. The van der Waals surface area contributed by atoms with Crippen LogP contribution < -0.4 is 9.47 Å². The van der Waals surface area contributed by atoms with Crippen molar-refractivity contribution >= 4 is 17.8 Å². The molecule has 0 bridgehead atoms. The molecule has 0 heterocycles. The van der Waals surface area contributed by atoms with Crippen LogP contribution in [0.1, 0.15) is 15.9 Å². The first kappa shape index (κ1) is 16.3. The second kappa shape index (κ2) is 7.79. The van der Waals surface area contributed by atoms with Crippen molar-refractivity contribution in [2.24, 2.45) is 0 Å². The number of ketones is 1. The number of aliphatic carboxylic acids is 1. The van der Waals surface area contributed by atoms with Crippen LogP contribution >= 0.6 is 0 Å². The Morgan fingerprint density at radius 3 is 2.48 bits per heavy atom. The van der Waals surface area contributed by atoms with E-state index in [0.717, 1.165) is 5.56 Å². The van der Waals surface area contributed by atoms with Gasteiger partial charge in [0.25, 0.3) is 0 Å². The number of carbonyl (C=O) groups is 2. The molecule has 23 heavy (non-hydrogen) atoms. The Hall–Kier alpha value is -3.08. The van der Waals surface area contributed by atoms with Gasteiger partial charge in [-0.15, -0.1) is 0 Å². The summed E-state index contributed by atoms with van der Waals surface area (Å²) in [5.74, 6) is -0.428. The average Bonchev–Trinajstić information content (AvgIpc) is 2.58. The van der Waals surface area contributed by atoms with Crippen molar-refractivity contribution in [2.75, 3.05) is 13.7 Å². The van der Waals surface area contributed by atoms with Gasteiger partial charge in [0, 0.05) is 5.56 Å². The maximum atomic E-state index is 12.0. The Bertz CT molecular complexity index is 719. The van der Waals surface area contributed by atoms with Crippen molar-refractivity contribution in [1.29, 1.82) is 0 Å². The quantitative estimate of drug-likeness (QED) is 0.628. The number of rotatable bonds is 7. The van der Waals surface area contributed by atoms with Crippen molar-refractivity contribution in [1.82, 2.24) is 0 Å². The van der Waals surface area contributed by atoms with E-state index in [1.54, 1.807) is 48.5 Å². The van der Waals surface area contributed by atoms with E-state index in [1.165, 1.54) is 13.2 Å². The van der Waals surface area contributed by atoms with Gasteiger partial charge in [-0.25, -0.2) is 4.79 Å². The van der Waals surface area contributed by atoms with Crippen LogP contribution in [-0.2, 0) is 4.79 Å². The minimum Gasteiger partial charge on any atom is -0.493 e. The summed E-state index contributed by atoms with van der Waals surface area (Å²) in [5, 5.41) is 8.63.